The second-order valence-corrected chi connectivity index (χ2v) is 7.88. The van der Waals surface area contributed by atoms with E-state index in [0.29, 0.717) is 17.5 Å². The van der Waals surface area contributed by atoms with Gasteiger partial charge >= 0.3 is 0 Å². The maximum absolute atomic E-state index is 13.8. The van der Waals surface area contributed by atoms with Crippen molar-refractivity contribution in [3.05, 3.63) is 65.5 Å². The van der Waals surface area contributed by atoms with Gasteiger partial charge in [-0.15, -0.1) is 0 Å². The van der Waals surface area contributed by atoms with Gasteiger partial charge in [-0.05, 0) is 48.6 Å². The summed E-state index contributed by atoms with van der Waals surface area (Å²) in [6.45, 7) is 1.76. The van der Waals surface area contributed by atoms with Crippen LogP contribution in [0.25, 0.3) is 0 Å². The average Bonchev–Trinajstić information content (AvgIpc) is 3.35. The number of hydrogen-bond acceptors (Lipinski definition) is 3. The first-order valence-corrected chi connectivity index (χ1v) is 9.49. The number of hydrogen-bond donors (Lipinski definition) is 2. The zero-order chi connectivity index (χ0) is 18.2. The van der Waals surface area contributed by atoms with Crippen molar-refractivity contribution in [1.82, 2.24) is 5.32 Å². The van der Waals surface area contributed by atoms with E-state index < -0.39 is 10.0 Å². The van der Waals surface area contributed by atoms with Crippen molar-refractivity contribution in [3.63, 3.8) is 0 Å². The third-order valence-electron chi connectivity index (χ3n) is 4.48. The molecule has 0 heterocycles. The predicted octanol–water partition coefficient (Wildman–Crippen LogP) is 2.45. The van der Waals surface area contributed by atoms with Crippen LogP contribution in [0.3, 0.4) is 0 Å². The molecule has 1 amide bonds. The summed E-state index contributed by atoms with van der Waals surface area (Å²) in [4.78, 5) is 12.4. The first-order valence-electron chi connectivity index (χ1n) is 7.95. The molecular weight excluding hydrogens is 343 g/mol. The summed E-state index contributed by atoms with van der Waals surface area (Å²) < 4.78 is 36.7. The van der Waals surface area contributed by atoms with Crippen LogP contribution in [-0.2, 0) is 14.8 Å². The topological polar surface area (TPSA) is 89.3 Å². The lowest BCUT2D eigenvalue weighted by atomic mass is 10.1. The van der Waals surface area contributed by atoms with Crippen LogP contribution in [0.2, 0.25) is 0 Å². The number of amides is 1. The standard InChI is InChI=1S/C18H19FN2O3S/c1-11(12-5-4-6-13(9-12)25(20,23)24)21-18(22)16-10-15(16)14-7-2-3-8-17(14)19/h2-9,11,15-16H,10H2,1H3,(H,21,22)(H2,20,23,24). The molecule has 3 unspecified atom stereocenters. The average molecular weight is 362 g/mol. The highest BCUT2D eigenvalue weighted by Crippen LogP contribution is 2.48. The molecule has 132 valence electrons. The minimum Gasteiger partial charge on any atom is -0.349 e. The number of nitrogens with one attached hydrogen (secondary N) is 1. The number of sulfonamides is 1. The summed E-state index contributed by atoms with van der Waals surface area (Å²) >= 11 is 0. The van der Waals surface area contributed by atoms with E-state index in [9.17, 15) is 17.6 Å². The van der Waals surface area contributed by atoms with Crippen LogP contribution in [0.5, 0.6) is 0 Å². The molecule has 1 aliphatic rings. The highest BCUT2D eigenvalue weighted by Gasteiger charge is 2.45. The number of primary sulfonamides is 1. The lowest BCUT2D eigenvalue weighted by Crippen LogP contribution is -2.28. The van der Waals surface area contributed by atoms with Gasteiger partial charge in [-0.1, -0.05) is 30.3 Å². The number of halogens is 1. The smallest absolute Gasteiger partial charge is 0.238 e. The first kappa shape index (κ1) is 17.6. The summed E-state index contributed by atoms with van der Waals surface area (Å²) in [6.07, 6.45) is 0.608. The van der Waals surface area contributed by atoms with Gasteiger partial charge in [-0.3, -0.25) is 4.79 Å². The monoisotopic (exact) mass is 362 g/mol. The lowest BCUT2D eigenvalue weighted by molar-refractivity contribution is -0.123. The number of carbonyl (C=O) groups is 1. The molecule has 3 N–H and O–H groups in total. The molecule has 0 bridgehead atoms. The largest absolute Gasteiger partial charge is 0.349 e. The van der Waals surface area contributed by atoms with E-state index in [1.54, 1.807) is 37.3 Å². The van der Waals surface area contributed by atoms with Gasteiger partial charge in [0.2, 0.25) is 15.9 Å². The molecule has 0 aromatic heterocycles. The molecule has 2 aromatic carbocycles. The molecule has 0 radical (unpaired) electrons. The fraction of sp³-hybridized carbons (Fsp3) is 0.278. The minimum absolute atomic E-state index is 0.00162. The van der Waals surface area contributed by atoms with Crippen molar-refractivity contribution in [2.24, 2.45) is 11.1 Å². The fourth-order valence-corrected chi connectivity index (χ4v) is 3.54. The fourth-order valence-electron chi connectivity index (χ4n) is 2.97. The normalized spacial score (nSPS) is 20.8. The summed E-state index contributed by atoms with van der Waals surface area (Å²) in [5.74, 6) is -0.830. The van der Waals surface area contributed by atoms with Gasteiger partial charge in [0.25, 0.3) is 0 Å². The van der Waals surface area contributed by atoms with E-state index in [0.717, 1.165) is 0 Å². The van der Waals surface area contributed by atoms with E-state index in [4.69, 9.17) is 5.14 Å². The Kier molecular flexibility index (Phi) is 4.62. The molecule has 3 atom stereocenters. The van der Waals surface area contributed by atoms with Crippen LogP contribution in [-0.4, -0.2) is 14.3 Å². The number of rotatable bonds is 5. The van der Waals surface area contributed by atoms with E-state index in [-0.39, 0.29) is 34.5 Å². The van der Waals surface area contributed by atoms with Crippen LogP contribution in [0.15, 0.2) is 53.4 Å². The molecule has 0 saturated heterocycles. The quantitative estimate of drug-likeness (QED) is 0.856. The highest BCUT2D eigenvalue weighted by molar-refractivity contribution is 7.89. The second kappa shape index (κ2) is 6.57. The molecule has 2 aromatic rings. The Balaban J connectivity index is 1.67. The second-order valence-electron chi connectivity index (χ2n) is 6.32. The lowest BCUT2D eigenvalue weighted by Gasteiger charge is -2.15. The van der Waals surface area contributed by atoms with Crippen molar-refractivity contribution >= 4 is 15.9 Å². The Hall–Kier alpha value is -2.25. The SMILES string of the molecule is CC(NC(=O)C1CC1c1ccccc1F)c1cccc(S(N)(=O)=O)c1. The number of benzene rings is 2. The van der Waals surface area contributed by atoms with Gasteiger partial charge in [0.05, 0.1) is 10.9 Å². The molecule has 5 nitrogen and oxygen atoms in total. The van der Waals surface area contributed by atoms with Crippen LogP contribution >= 0.6 is 0 Å². The first-order chi connectivity index (χ1) is 11.8. The molecule has 1 fully saturated rings. The van der Waals surface area contributed by atoms with Crippen molar-refractivity contribution in [1.29, 1.82) is 0 Å². The zero-order valence-electron chi connectivity index (χ0n) is 13.6. The van der Waals surface area contributed by atoms with Gasteiger partial charge in [0.15, 0.2) is 0 Å². The third kappa shape index (κ3) is 3.88. The van der Waals surface area contributed by atoms with Crippen LogP contribution in [0.1, 0.15) is 36.4 Å². The molecule has 3 rings (SSSR count). The summed E-state index contributed by atoms with van der Waals surface area (Å²) in [6, 6.07) is 12.2. The number of carbonyl (C=O) groups excluding carboxylic acids is 1. The van der Waals surface area contributed by atoms with Crippen molar-refractivity contribution in [2.75, 3.05) is 0 Å². The Morgan fingerprint density at radius 3 is 2.64 bits per heavy atom. The van der Waals surface area contributed by atoms with Gasteiger partial charge in [0, 0.05) is 5.92 Å². The summed E-state index contributed by atoms with van der Waals surface area (Å²) in [5.41, 5.74) is 1.20. The predicted molar refractivity (Wildman–Crippen MR) is 91.6 cm³/mol. The van der Waals surface area contributed by atoms with E-state index in [1.807, 2.05) is 0 Å². The Morgan fingerprint density at radius 2 is 1.96 bits per heavy atom. The Bertz CT molecular complexity index is 914. The molecule has 0 spiro atoms. The van der Waals surface area contributed by atoms with Crippen molar-refractivity contribution in [2.45, 2.75) is 30.2 Å². The zero-order valence-corrected chi connectivity index (χ0v) is 14.5. The molecule has 1 aliphatic carbocycles. The Morgan fingerprint density at radius 1 is 1.24 bits per heavy atom. The van der Waals surface area contributed by atoms with Crippen LogP contribution in [0.4, 0.5) is 4.39 Å². The highest BCUT2D eigenvalue weighted by atomic mass is 32.2. The minimum atomic E-state index is -3.80. The van der Waals surface area contributed by atoms with Gasteiger partial charge in [-0.25, -0.2) is 17.9 Å². The maximum atomic E-state index is 13.8. The summed E-state index contributed by atoms with van der Waals surface area (Å²) in [7, 11) is -3.80. The number of nitrogens with two attached hydrogens (primary N) is 1. The molecule has 0 aliphatic heterocycles. The maximum Gasteiger partial charge on any atom is 0.238 e. The van der Waals surface area contributed by atoms with Crippen LogP contribution < -0.4 is 10.5 Å². The molecular formula is C18H19FN2O3S. The Labute approximate surface area is 146 Å². The molecule has 25 heavy (non-hydrogen) atoms. The van der Waals surface area contributed by atoms with Gasteiger partial charge in [0.1, 0.15) is 5.82 Å². The van der Waals surface area contributed by atoms with Crippen LogP contribution in [0, 0.1) is 11.7 Å². The van der Waals surface area contributed by atoms with E-state index in [2.05, 4.69) is 5.32 Å². The van der Waals surface area contributed by atoms with Gasteiger partial charge in [-0.2, -0.15) is 0 Å². The van der Waals surface area contributed by atoms with Gasteiger partial charge < -0.3 is 5.32 Å². The molecule has 1 saturated carbocycles. The molecule has 7 heteroatoms. The van der Waals surface area contributed by atoms with Crippen molar-refractivity contribution < 1.29 is 17.6 Å². The third-order valence-corrected chi connectivity index (χ3v) is 5.39. The van der Waals surface area contributed by atoms with Crippen molar-refractivity contribution in [3.8, 4) is 0 Å². The van der Waals surface area contributed by atoms with E-state index >= 15 is 0 Å². The summed E-state index contributed by atoms with van der Waals surface area (Å²) in [5, 5.41) is 7.99. The van der Waals surface area contributed by atoms with E-state index in [1.165, 1.54) is 18.2 Å².